The number of nitrogens with two attached hydrogens (primary N) is 1. The standard InChI is InChI=1S/C17H23N3O2S/c1-10-4-6-20(7-5-10)17(21)15-14(18)13-12(9-22-3)8-11(2)19-16(13)23-15/h8,10H,4-7,9,18H2,1-3H3. The van der Waals surface area contributed by atoms with Crippen LogP contribution >= 0.6 is 11.3 Å². The quantitative estimate of drug-likeness (QED) is 0.936. The van der Waals surface area contributed by atoms with E-state index in [0.717, 1.165) is 47.4 Å². The van der Waals surface area contributed by atoms with Gasteiger partial charge >= 0.3 is 0 Å². The monoisotopic (exact) mass is 333 g/mol. The van der Waals surface area contributed by atoms with Gasteiger partial charge in [0.15, 0.2) is 0 Å². The van der Waals surface area contributed by atoms with Crippen LogP contribution in [-0.4, -0.2) is 36.0 Å². The van der Waals surface area contributed by atoms with Gasteiger partial charge in [0.05, 0.1) is 12.3 Å². The number of ether oxygens (including phenoxy) is 1. The minimum Gasteiger partial charge on any atom is -0.397 e. The Morgan fingerprint density at radius 2 is 2.17 bits per heavy atom. The van der Waals surface area contributed by atoms with E-state index in [1.807, 2.05) is 17.9 Å². The van der Waals surface area contributed by atoms with E-state index in [0.29, 0.717) is 23.1 Å². The third-order valence-electron chi connectivity index (χ3n) is 4.47. The van der Waals surface area contributed by atoms with Crippen LogP contribution in [-0.2, 0) is 11.3 Å². The summed E-state index contributed by atoms with van der Waals surface area (Å²) in [4.78, 5) is 20.8. The van der Waals surface area contributed by atoms with Gasteiger partial charge in [0, 0.05) is 31.3 Å². The molecule has 0 bridgehead atoms. The molecule has 0 spiro atoms. The van der Waals surface area contributed by atoms with E-state index in [4.69, 9.17) is 10.5 Å². The first-order valence-corrected chi connectivity index (χ1v) is 8.79. The maximum atomic E-state index is 12.8. The number of nitrogen functional groups attached to an aromatic ring is 1. The number of hydrogen-bond acceptors (Lipinski definition) is 5. The van der Waals surface area contributed by atoms with Gasteiger partial charge < -0.3 is 15.4 Å². The van der Waals surface area contributed by atoms with Crippen LogP contribution in [0, 0.1) is 12.8 Å². The van der Waals surface area contributed by atoms with Crippen molar-refractivity contribution in [2.75, 3.05) is 25.9 Å². The number of amides is 1. The van der Waals surface area contributed by atoms with Gasteiger partial charge in [0.25, 0.3) is 5.91 Å². The van der Waals surface area contributed by atoms with Gasteiger partial charge in [-0.15, -0.1) is 11.3 Å². The van der Waals surface area contributed by atoms with E-state index >= 15 is 0 Å². The molecule has 0 saturated carbocycles. The number of aromatic nitrogens is 1. The number of methoxy groups -OCH3 is 1. The predicted octanol–water partition coefficient (Wildman–Crippen LogP) is 3.21. The fourth-order valence-electron chi connectivity index (χ4n) is 3.12. The first-order valence-electron chi connectivity index (χ1n) is 7.98. The minimum atomic E-state index is 0.0402. The van der Waals surface area contributed by atoms with Crippen molar-refractivity contribution in [3.05, 3.63) is 22.2 Å². The average molecular weight is 333 g/mol. The highest BCUT2D eigenvalue weighted by Gasteiger charge is 2.26. The normalized spacial score (nSPS) is 16.2. The maximum absolute atomic E-state index is 12.8. The third-order valence-corrected chi connectivity index (χ3v) is 5.56. The first kappa shape index (κ1) is 16.2. The van der Waals surface area contributed by atoms with Gasteiger partial charge in [-0.1, -0.05) is 6.92 Å². The number of pyridine rings is 1. The summed E-state index contributed by atoms with van der Waals surface area (Å²) in [6.07, 6.45) is 2.12. The Balaban J connectivity index is 2.00. The molecular formula is C17H23N3O2S. The number of aryl methyl sites for hydroxylation is 1. The number of likely N-dealkylation sites (tertiary alicyclic amines) is 1. The third kappa shape index (κ3) is 3.05. The molecule has 124 valence electrons. The van der Waals surface area contributed by atoms with E-state index < -0.39 is 0 Å². The highest BCUT2D eigenvalue weighted by atomic mass is 32.1. The van der Waals surface area contributed by atoms with Gasteiger partial charge in [-0.25, -0.2) is 4.98 Å². The van der Waals surface area contributed by atoms with Crippen LogP contribution in [0.15, 0.2) is 6.07 Å². The molecule has 0 unspecified atom stereocenters. The van der Waals surface area contributed by atoms with E-state index in [-0.39, 0.29) is 5.91 Å². The van der Waals surface area contributed by atoms with Gasteiger partial charge in [-0.2, -0.15) is 0 Å². The molecule has 0 atom stereocenters. The van der Waals surface area contributed by atoms with Crippen LogP contribution in [0.2, 0.25) is 0 Å². The summed E-state index contributed by atoms with van der Waals surface area (Å²) in [7, 11) is 1.66. The Morgan fingerprint density at radius 3 is 2.83 bits per heavy atom. The molecule has 2 N–H and O–H groups in total. The Morgan fingerprint density at radius 1 is 1.48 bits per heavy atom. The summed E-state index contributed by atoms with van der Waals surface area (Å²) in [6, 6.07) is 1.98. The van der Waals surface area contributed by atoms with Gasteiger partial charge in [-0.05, 0) is 37.3 Å². The molecule has 3 rings (SSSR count). The number of rotatable bonds is 3. The summed E-state index contributed by atoms with van der Waals surface area (Å²) >= 11 is 1.40. The summed E-state index contributed by atoms with van der Waals surface area (Å²) in [5.74, 6) is 0.731. The van der Waals surface area contributed by atoms with Crippen LogP contribution in [0.4, 0.5) is 5.69 Å². The summed E-state index contributed by atoms with van der Waals surface area (Å²) < 4.78 is 5.27. The second kappa shape index (κ2) is 6.45. The molecule has 5 nitrogen and oxygen atoms in total. The zero-order valence-electron chi connectivity index (χ0n) is 13.9. The summed E-state index contributed by atoms with van der Waals surface area (Å²) in [5.41, 5.74) is 8.78. The van der Waals surface area contributed by atoms with E-state index in [1.54, 1.807) is 7.11 Å². The van der Waals surface area contributed by atoms with E-state index in [9.17, 15) is 4.79 Å². The van der Waals surface area contributed by atoms with Crippen molar-refractivity contribution in [2.24, 2.45) is 5.92 Å². The number of nitrogens with zero attached hydrogens (tertiary/aromatic N) is 2. The highest BCUT2D eigenvalue weighted by Crippen LogP contribution is 2.36. The molecule has 1 aliphatic rings. The molecule has 3 heterocycles. The SMILES string of the molecule is COCc1cc(C)nc2sc(C(=O)N3CCC(C)CC3)c(N)c12. The summed E-state index contributed by atoms with van der Waals surface area (Å²) in [5, 5.41) is 0.871. The molecule has 0 aromatic carbocycles. The smallest absolute Gasteiger partial charge is 0.266 e. The molecule has 0 radical (unpaired) electrons. The lowest BCUT2D eigenvalue weighted by Crippen LogP contribution is -2.37. The van der Waals surface area contributed by atoms with Crippen molar-refractivity contribution in [2.45, 2.75) is 33.3 Å². The zero-order chi connectivity index (χ0) is 16.6. The zero-order valence-corrected chi connectivity index (χ0v) is 14.7. The number of hydrogen-bond donors (Lipinski definition) is 1. The van der Waals surface area contributed by atoms with E-state index in [1.165, 1.54) is 11.3 Å². The molecule has 1 fully saturated rings. The largest absolute Gasteiger partial charge is 0.397 e. The number of fused-ring (bicyclic) bond motifs is 1. The van der Waals surface area contributed by atoms with Crippen molar-refractivity contribution in [1.29, 1.82) is 0 Å². The average Bonchev–Trinajstić information content (AvgIpc) is 2.84. The molecule has 23 heavy (non-hydrogen) atoms. The van der Waals surface area contributed by atoms with Crippen molar-refractivity contribution < 1.29 is 9.53 Å². The Bertz CT molecular complexity index is 733. The minimum absolute atomic E-state index is 0.0402. The lowest BCUT2D eigenvalue weighted by Gasteiger charge is -2.30. The highest BCUT2D eigenvalue weighted by molar-refractivity contribution is 7.21. The molecule has 1 aliphatic heterocycles. The molecule has 6 heteroatoms. The number of thiophene rings is 1. The Kier molecular flexibility index (Phi) is 4.55. The van der Waals surface area contributed by atoms with Crippen molar-refractivity contribution in [3.8, 4) is 0 Å². The Hall–Kier alpha value is -1.66. The molecule has 0 aliphatic carbocycles. The predicted molar refractivity (Wildman–Crippen MR) is 93.8 cm³/mol. The fraction of sp³-hybridized carbons (Fsp3) is 0.529. The van der Waals surface area contributed by atoms with E-state index in [2.05, 4.69) is 11.9 Å². The summed E-state index contributed by atoms with van der Waals surface area (Å²) in [6.45, 7) is 6.27. The van der Waals surface area contributed by atoms with Crippen molar-refractivity contribution >= 4 is 33.1 Å². The van der Waals surface area contributed by atoms with Crippen LogP contribution < -0.4 is 5.73 Å². The maximum Gasteiger partial charge on any atom is 0.266 e. The van der Waals surface area contributed by atoms with Crippen molar-refractivity contribution in [3.63, 3.8) is 0 Å². The molecular weight excluding hydrogens is 310 g/mol. The second-order valence-electron chi connectivity index (χ2n) is 6.36. The first-order chi connectivity index (χ1) is 11.0. The Labute approximate surface area is 140 Å². The van der Waals surface area contributed by atoms with Gasteiger partial charge in [0.2, 0.25) is 0 Å². The topological polar surface area (TPSA) is 68.5 Å². The van der Waals surface area contributed by atoms with Crippen LogP contribution in [0.25, 0.3) is 10.2 Å². The number of anilines is 1. The number of carbonyl (C=O) groups is 1. The lowest BCUT2D eigenvalue weighted by molar-refractivity contribution is 0.0703. The number of carbonyl (C=O) groups excluding carboxylic acids is 1. The molecule has 1 saturated heterocycles. The van der Waals surface area contributed by atoms with Crippen LogP contribution in [0.1, 0.15) is 40.7 Å². The number of piperidine rings is 1. The van der Waals surface area contributed by atoms with Gasteiger partial charge in [-0.3, -0.25) is 4.79 Å². The second-order valence-corrected chi connectivity index (χ2v) is 7.35. The lowest BCUT2D eigenvalue weighted by atomic mass is 9.99. The fourth-order valence-corrected chi connectivity index (χ4v) is 4.28. The van der Waals surface area contributed by atoms with Crippen molar-refractivity contribution in [1.82, 2.24) is 9.88 Å². The molecule has 1 amide bonds. The van der Waals surface area contributed by atoms with Gasteiger partial charge in [0.1, 0.15) is 9.71 Å². The molecule has 2 aromatic rings. The van der Waals surface area contributed by atoms with Crippen LogP contribution in [0.5, 0.6) is 0 Å². The van der Waals surface area contributed by atoms with Crippen LogP contribution in [0.3, 0.4) is 0 Å². The molecule has 2 aromatic heterocycles.